The minimum atomic E-state index is 0.549. The van der Waals surface area contributed by atoms with Gasteiger partial charge < -0.3 is 9.84 Å². The van der Waals surface area contributed by atoms with Crippen molar-refractivity contribution in [3.05, 3.63) is 5.82 Å². The van der Waals surface area contributed by atoms with Crippen LogP contribution in [-0.2, 0) is 0 Å². The molecule has 0 aromatic carbocycles. The molecule has 0 saturated heterocycles. The summed E-state index contributed by atoms with van der Waals surface area (Å²) < 4.78 is 4.89. The van der Waals surface area contributed by atoms with Gasteiger partial charge >= 0.3 is 6.01 Å². The monoisotopic (exact) mass is 167 g/mol. The van der Waals surface area contributed by atoms with Crippen LogP contribution in [0.25, 0.3) is 0 Å². The van der Waals surface area contributed by atoms with Crippen molar-refractivity contribution in [3.63, 3.8) is 0 Å². The molecule has 4 heteroatoms. The van der Waals surface area contributed by atoms with Crippen molar-refractivity contribution >= 4 is 6.01 Å². The lowest BCUT2D eigenvalue weighted by Gasteiger charge is -1.97. The van der Waals surface area contributed by atoms with E-state index < -0.39 is 0 Å². The number of aromatic nitrogens is 2. The van der Waals surface area contributed by atoms with E-state index in [0.717, 1.165) is 12.5 Å². The van der Waals surface area contributed by atoms with E-state index in [1.807, 2.05) is 6.92 Å². The Balaban J connectivity index is 1.71. The molecule has 2 rings (SSSR count). The van der Waals surface area contributed by atoms with Crippen molar-refractivity contribution in [2.45, 2.75) is 26.2 Å². The van der Waals surface area contributed by atoms with Gasteiger partial charge in [-0.25, -0.2) is 0 Å². The zero-order chi connectivity index (χ0) is 8.39. The van der Waals surface area contributed by atoms with Crippen molar-refractivity contribution in [1.29, 1.82) is 0 Å². The lowest BCUT2D eigenvalue weighted by atomic mass is 10.3. The summed E-state index contributed by atoms with van der Waals surface area (Å²) in [4.78, 5) is 4.04. The molecule has 1 N–H and O–H groups in total. The molecule has 0 aliphatic heterocycles. The summed E-state index contributed by atoms with van der Waals surface area (Å²) in [7, 11) is 0. The Hall–Kier alpha value is -1.06. The van der Waals surface area contributed by atoms with Gasteiger partial charge in [0, 0.05) is 6.54 Å². The summed E-state index contributed by atoms with van der Waals surface area (Å²) in [6, 6.07) is 0.549. The zero-order valence-corrected chi connectivity index (χ0v) is 7.21. The van der Waals surface area contributed by atoms with E-state index in [9.17, 15) is 0 Å². The van der Waals surface area contributed by atoms with Gasteiger partial charge in [0.1, 0.15) is 0 Å². The van der Waals surface area contributed by atoms with Crippen LogP contribution in [0.5, 0.6) is 0 Å². The predicted molar refractivity (Wildman–Crippen MR) is 44.9 cm³/mol. The summed E-state index contributed by atoms with van der Waals surface area (Å²) in [5.41, 5.74) is 0. The Bertz CT molecular complexity index is 255. The Labute approximate surface area is 71.4 Å². The van der Waals surface area contributed by atoms with Gasteiger partial charge in [0.05, 0.1) is 0 Å². The van der Waals surface area contributed by atoms with Crippen LogP contribution in [0.2, 0.25) is 0 Å². The standard InChI is InChI=1S/C8H13N3O/c1-6-10-8(12-11-6)9-5-4-7-2-3-7/h7H,2-5H2,1H3,(H,9,10,11). The molecule has 1 aliphatic rings. The number of aryl methyl sites for hydroxylation is 1. The summed E-state index contributed by atoms with van der Waals surface area (Å²) in [6.45, 7) is 2.77. The van der Waals surface area contributed by atoms with Gasteiger partial charge in [-0.15, -0.1) is 0 Å². The first-order valence-electron chi connectivity index (χ1n) is 4.39. The second kappa shape index (κ2) is 3.13. The highest BCUT2D eigenvalue weighted by Crippen LogP contribution is 2.31. The van der Waals surface area contributed by atoms with Gasteiger partial charge in [0.25, 0.3) is 0 Å². The molecule has 0 unspecified atom stereocenters. The molecule has 1 heterocycles. The van der Waals surface area contributed by atoms with Gasteiger partial charge in [0.15, 0.2) is 5.82 Å². The zero-order valence-electron chi connectivity index (χ0n) is 7.21. The average molecular weight is 167 g/mol. The molecule has 0 amide bonds. The summed E-state index contributed by atoms with van der Waals surface area (Å²) >= 11 is 0. The van der Waals surface area contributed by atoms with Crippen LogP contribution >= 0.6 is 0 Å². The molecular weight excluding hydrogens is 154 g/mol. The van der Waals surface area contributed by atoms with E-state index in [1.54, 1.807) is 0 Å². The molecule has 1 aromatic heterocycles. The molecule has 1 aromatic rings. The molecular formula is C8H13N3O. The molecule has 0 bridgehead atoms. The first-order chi connectivity index (χ1) is 5.84. The Morgan fingerprint density at radius 1 is 1.58 bits per heavy atom. The van der Waals surface area contributed by atoms with Gasteiger partial charge in [0.2, 0.25) is 0 Å². The SMILES string of the molecule is Cc1noc(NCCC2CC2)n1. The quantitative estimate of drug-likeness (QED) is 0.739. The Morgan fingerprint density at radius 3 is 3.00 bits per heavy atom. The van der Waals surface area contributed by atoms with E-state index >= 15 is 0 Å². The molecule has 0 atom stereocenters. The third-order valence-corrected chi connectivity index (χ3v) is 2.05. The smallest absolute Gasteiger partial charge is 0.321 e. The summed E-state index contributed by atoms with van der Waals surface area (Å²) in [5, 5.41) is 6.78. The fourth-order valence-corrected chi connectivity index (χ4v) is 1.16. The van der Waals surface area contributed by atoms with Crippen LogP contribution in [0.15, 0.2) is 4.52 Å². The largest absolute Gasteiger partial charge is 0.338 e. The maximum absolute atomic E-state index is 4.89. The van der Waals surface area contributed by atoms with Gasteiger partial charge in [-0.1, -0.05) is 18.0 Å². The number of anilines is 1. The fraction of sp³-hybridized carbons (Fsp3) is 0.750. The van der Waals surface area contributed by atoms with Crippen molar-refractivity contribution < 1.29 is 4.52 Å². The van der Waals surface area contributed by atoms with Gasteiger partial charge in [-0.3, -0.25) is 0 Å². The molecule has 66 valence electrons. The lowest BCUT2D eigenvalue weighted by molar-refractivity contribution is 0.425. The lowest BCUT2D eigenvalue weighted by Crippen LogP contribution is -2.02. The number of nitrogens with one attached hydrogen (secondary N) is 1. The third-order valence-electron chi connectivity index (χ3n) is 2.05. The molecule has 1 fully saturated rings. The van der Waals surface area contributed by atoms with E-state index in [-0.39, 0.29) is 0 Å². The molecule has 4 nitrogen and oxygen atoms in total. The van der Waals surface area contributed by atoms with Crippen molar-refractivity contribution in [2.75, 3.05) is 11.9 Å². The molecule has 12 heavy (non-hydrogen) atoms. The third kappa shape index (κ3) is 1.96. The van der Waals surface area contributed by atoms with E-state index in [4.69, 9.17) is 4.52 Å². The number of rotatable bonds is 4. The van der Waals surface area contributed by atoms with Crippen LogP contribution in [0.1, 0.15) is 25.1 Å². The van der Waals surface area contributed by atoms with E-state index in [1.165, 1.54) is 19.3 Å². The van der Waals surface area contributed by atoms with E-state index in [2.05, 4.69) is 15.5 Å². The molecule has 1 aliphatic carbocycles. The molecule has 0 radical (unpaired) electrons. The maximum atomic E-state index is 4.89. The van der Waals surface area contributed by atoms with Gasteiger partial charge in [-0.05, 0) is 19.3 Å². The minimum absolute atomic E-state index is 0.549. The molecule has 0 spiro atoms. The second-order valence-electron chi connectivity index (χ2n) is 3.31. The highest BCUT2D eigenvalue weighted by atomic mass is 16.5. The van der Waals surface area contributed by atoms with Crippen LogP contribution in [0, 0.1) is 12.8 Å². The molecule has 1 saturated carbocycles. The summed E-state index contributed by atoms with van der Waals surface area (Å²) in [6.07, 6.45) is 4.01. The first-order valence-corrected chi connectivity index (χ1v) is 4.39. The normalized spacial score (nSPS) is 16.4. The number of nitrogens with zero attached hydrogens (tertiary/aromatic N) is 2. The Morgan fingerprint density at radius 2 is 2.42 bits per heavy atom. The van der Waals surface area contributed by atoms with Crippen molar-refractivity contribution in [1.82, 2.24) is 10.1 Å². The first kappa shape index (κ1) is 7.58. The van der Waals surface area contributed by atoms with Crippen molar-refractivity contribution in [3.8, 4) is 0 Å². The second-order valence-corrected chi connectivity index (χ2v) is 3.31. The topological polar surface area (TPSA) is 51.0 Å². The van der Waals surface area contributed by atoms with Gasteiger partial charge in [-0.2, -0.15) is 4.98 Å². The van der Waals surface area contributed by atoms with Crippen molar-refractivity contribution in [2.24, 2.45) is 5.92 Å². The number of hydrogen-bond donors (Lipinski definition) is 1. The van der Waals surface area contributed by atoms with E-state index in [0.29, 0.717) is 11.8 Å². The van der Waals surface area contributed by atoms with Crippen LogP contribution in [0.4, 0.5) is 6.01 Å². The average Bonchev–Trinajstić information content (AvgIpc) is 2.76. The highest BCUT2D eigenvalue weighted by Gasteiger charge is 2.20. The maximum Gasteiger partial charge on any atom is 0.321 e. The highest BCUT2D eigenvalue weighted by molar-refractivity contribution is 5.17. The number of hydrogen-bond acceptors (Lipinski definition) is 4. The minimum Gasteiger partial charge on any atom is -0.338 e. The summed E-state index contributed by atoms with van der Waals surface area (Å²) in [5.74, 6) is 1.63. The van der Waals surface area contributed by atoms with Crippen LogP contribution < -0.4 is 5.32 Å². The fourth-order valence-electron chi connectivity index (χ4n) is 1.16. The van der Waals surface area contributed by atoms with Crippen LogP contribution in [-0.4, -0.2) is 16.7 Å². The van der Waals surface area contributed by atoms with Crippen LogP contribution in [0.3, 0.4) is 0 Å². The Kier molecular flexibility index (Phi) is 1.98. The predicted octanol–water partition coefficient (Wildman–Crippen LogP) is 1.59.